The summed E-state index contributed by atoms with van der Waals surface area (Å²) in [5.74, 6) is 0. The highest BCUT2D eigenvalue weighted by atomic mass is 32.2. The quantitative estimate of drug-likeness (QED) is 0.646. The van der Waals surface area contributed by atoms with Crippen molar-refractivity contribution in [3.05, 3.63) is 12.0 Å². The summed E-state index contributed by atoms with van der Waals surface area (Å²) < 4.78 is 28.6. The Hall–Kier alpha value is -1.08. The molecule has 0 bridgehead atoms. The van der Waals surface area contributed by atoms with Gasteiger partial charge in [0.1, 0.15) is 6.10 Å². The maximum absolute atomic E-state index is 10.8. The van der Waals surface area contributed by atoms with Crippen molar-refractivity contribution in [3.8, 4) is 0 Å². The monoisotopic (exact) mass is 208 g/mol. The lowest BCUT2D eigenvalue weighted by molar-refractivity contribution is 0.142. The number of nitrogens with one attached hydrogen (secondary N) is 2. The maximum atomic E-state index is 10.8. The molecule has 1 atom stereocenters. The normalized spacial score (nSPS) is 22.2. The molecule has 0 unspecified atom stereocenters. The van der Waals surface area contributed by atoms with E-state index in [0.717, 1.165) is 5.41 Å². The third kappa shape index (κ3) is 3.03. The molecule has 0 aromatic heterocycles. The van der Waals surface area contributed by atoms with Crippen LogP contribution in [0, 0.1) is 0 Å². The first-order chi connectivity index (χ1) is 6.03. The molecule has 0 saturated carbocycles. The molecule has 1 aliphatic heterocycles. The summed E-state index contributed by atoms with van der Waals surface area (Å²) in [5.41, 5.74) is 0. The van der Waals surface area contributed by atoms with Crippen LogP contribution in [0.15, 0.2) is 12.0 Å². The highest BCUT2D eigenvalue weighted by molar-refractivity contribution is 7.92. The van der Waals surface area contributed by atoms with Gasteiger partial charge in [0.15, 0.2) is 0 Å². The van der Waals surface area contributed by atoms with Gasteiger partial charge in [0.25, 0.3) is 0 Å². The molecule has 1 saturated heterocycles. The first kappa shape index (κ1) is 10.0. The lowest BCUT2D eigenvalue weighted by atomic mass is 10.4. The van der Waals surface area contributed by atoms with Gasteiger partial charge in [-0.2, -0.15) is 0 Å². The van der Waals surface area contributed by atoms with Gasteiger partial charge in [-0.1, -0.05) is 6.58 Å². The third-order valence-corrected chi connectivity index (χ3v) is 2.49. The number of hydrogen-bond donors (Lipinski definition) is 2. The van der Waals surface area contributed by atoms with Gasteiger partial charge in [0.05, 0.1) is 6.54 Å². The standard InChI is InChI=1S/C6H10N2O4S.H2/c1-2-13(10,11)8-4-5-3-7-6(9)12-5;/h2,5,8H,1,3-4H2,(H,7,9);1H/t5-;/m1./s1. The second kappa shape index (κ2) is 3.75. The lowest BCUT2D eigenvalue weighted by Crippen LogP contribution is -2.32. The molecule has 0 radical (unpaired) electrons. The van der Waals surface area contributed by atoms with Crippen LogP contribution < -0.4 is 10.0 Å². The number of rotatable bonds is 4. The second-order valence-electron chi connectivity index (χ2n) is 2.47. The van der Waals surface area contributed by atoms with Crippen LogP contribution in [0.5, 0.6) is 0 Å². The van der Waals surface area contributed by atoms with E-state index in [-0.39, 0.29) is 7.97 Å². The minimum atomic E-state index is -3.43. The SMILES string of the molecule is C=CS(=O)(=O)NC[C@H]1CNC(=O)O1.[HH]. The number of sulfonamides is 1. The zero-order chi connectivity index (χ0) is 9.90. The average Bonchev–Trinajstić information content (AvgIpc) is 2.48. The van der Waals surface area contributed by atoms with Crippen molar-refractivity contribution >= 4 is 16.1 Å². The van der Waals surface area contributed by atoms with E-state index in [0.29, 0.717) is 6.54 Å². The Morgan fingerprint density at radius 2 is 2.54 bits per heavy atom. The number of cyclic esters (lactones) is 1. The molecule has 2 N–H and O–H groups in total. The fraction of sp³-hybridized carbons (Fsp3) is 0.500. The van der Waals surface area contributed by atoms with Gasteiger partial charge in [-0.25, -0.2) is 17.9 Å². The van der Waals surface area contributed by atoms with Crippen molar-refractivity contribution in [2.45, 2.75) is 6.10 Å². The molecule has 0 aromatic carbocycles. The van der Waals surface area contributed by atoms with Gasteiger partial charge in [-0.15, -0.1) is 0 Å². The fourth-order valence-corrected chi connectivity index (χ4v) is 1.35. The van der Waals surface area contributed by atoms with Crippen LogP contribution in [0.4, 0.5) is 4.79 Å². The van der Waals surface area contributed by atoms with Gasteiger partial charge in [0, 0.05) is 13.4 Å². The van der Waals surface area contributed by atoms with Crippen LogP contribution in [0.25, 0.3) is 0 Å². The predicted octanol–water partition coefficient (Wildman–Crippen LogP) is -0.596. The molecule has 1 rings (SSSR count). The number of hydrogen-bond acceptors (Lipinski definition) is 4. The number of carbonyl (C=O) groups is 1. The van der Waals surface area contributed by atoms with Crippen molar-refractivity contribution in [1.82, 2.24) is 10.0 Å². The second-order valence-corrected chi connectivity index (χ2v) is 4.18. The van der Waals surface area contributed by atoms with Crippen LogP contribution in [-0.2, 0) is 14.8 Å². The summed E-state index contributed by atoms with van der Waals surface area (Å²) in [6, 6.07) is 0. The fourth-order valence-electron chi connectivity index (χ4n) is 0.814. The number of amides is 1. The number of ether oxygens (including phenoxy) is 1. The highest BCUT2D eigenvalue weighted by Gasteiger charge is 2.23. The lowest BCUT2D eigenvalue weighted by Gasteiger charge is -2.07. The molecule has 0 spiro atoms. The van der Waals surface area contributed by atoms with Crippen molar-refractivity contribution in [1.29, 1.82) is 0 Å². The molecule has 13 heavy (non-hydrogen) atoms. The zero-order valence-corrected chi connectivity index (χ0v) is 7.63. The summed E-state index contributed by atoms with van der Waals surface area (Å²) in [7, 11) is -3.43. The van der Waals surface area contributed by atoms with Crippen LogP contribution in [0.2, 0.25) is 0 Å². The van der Waals surface area contributed by atoms with Gasteiger partial charge >= 0.3 is 6.09 Å². The van der Waals surface area contributed by atoms with Gasteiger partial charge in [-0.05, 0) is 0 Å². The first-order valence-electron chi connectivity index (χ1n) is 3.60. The maximum Gasteiger partial charge on any atom is 0.407 e. The molecule has 76 valence electrons. The minimum absolute atomic E-state index is 0. The van der Waals surface area contributed by atoms with Gasteiger partial charge in [-0.3, -0.25) is 0 Å². The van der Waals surface area contributed by atoms with E-state index in [2.05, 4.69) is 21.4 Å². The average molecular weight is 208 g/mol. The third-order valence-electron chi connectivity index (χ3n) is 1.48. The Morgan fingerprint density at radius 1 is 1.85 bits per heavy atom. The van der Waals surface area contributed by atoms with Crippen LogP contribution >= 0.6 is 0 Å². The van der Waals surface area contributed by atoms with Crippen molar-refractivity contribution in [2.24, 2.45) is 0 Å². The summed E-state index contributed by atoms with van der Waals surface area (Å²) in [6.45, 7) is 3.50. The molecule has 1 heterocycles. The molecule has 0 aromatic rings. The van der Waals surface area contributed by atoms with Gasteiger partial charge in [0.2, 0.25) is 10.0 Å². The van der Waals surface area contributed by atoms with E-state index in [1.807, 2.05) is 0 Å². The Balaban J connectivity index is 0.00000169. The Kier molecular flexibility index (Phi) is 2.89. The first-order valence-corrected chi connectivity index (χ1v) is 5.15. The summed E-state index contributed by atoms with van der Waals surface area (Å²) in [5, 5.41) is 3.20. The van der Waals surface area contributed by atoms with E-state index in [9.17, 15) is 13.2 Å². The topological polar surface area (TPSA) is 84.5 Å². The minimum Gasteiger partial charge on any atom is -0.443 e. The Labute approximate surface area is 77.5 Å². The van der Waals surface area contributed by atoms with Crippen LogP contribution in [0.3, 0.4) is 0 Å². The van der Waals surface area contributed by atoms with E-state index in [1.165, 1.54) is 0 Å². The zero-order valence-electron chi connectivity index (χ0n) is 6.82. The highest BCUT2D eigenvalue weighted by Crippen LogP contribution is 1.98. The Bertz CT molecular complexity index is 316. The van der Waals surface area contributed by atoms with Crippen LogP contribution in [0.1, 0.15) is 1.43 Å². The summed E-state index contributed by atoms with van der Waals surface area (Å²) in [6.07, 6.45) is -0.968. The summed E-state index contributed by atoms with van der Waals surface area (Å²) in [4.78, 5) is 10.5. The largest absolute Gasteiger partial charge is 0.443 e. The van der Waals surface area contributed by atoms with E-state index >= 15 is 0 Å². The molecule has 1 aliphatic rings. The molecular formula is C6H12N2O4S. The van der Waals surface area contributed by atoms with Crippen molar-refractivity contribution in [2.75, 3.05) is 13.1 Å². The molecule has 1 amide bonds. The molecular weight excluding hydrogens is 196 g/mol. The molecule has 7 heteroatoms. The van der Waals surface area contributed by atoms with Crippen molar-refractivity contribution in [3.63, 3.8) is 0 Å². The van der Waals surface area contributed by atoms with Crippen molar-refractivity contribution < 1.29 is 19.4 Å². The van der Waals surface area contributed by atoms with Crippen LogP contribution in [-0.4, -0.2) is 33.7 Å². The number of carbonyl (C=O) groups excluding carboxylic acids is 1. The molecule has 0 aliphatic carbocycles. The van der Waals surface area contributed by atoms with E-state index < -0.39 is 22.2 Å². The van der Waals surface area contributed by atoms with E-state index in [4.69, 9.17) is 0 Å². The predicted molar refractivity (Wildman–Crippen MR) is 47.5 cm³/mol. The Morgan fingerprint density at radius 3 is 3.00 bits per heavy atom. The smallest absolute Gasteiger partial charge is 0.407 e. The van der Waals surface area contributed by atoms with E-state index in [1.54, 1.807) is 0 Å². The molecule has 1 fully saturated rings. The number of alkyl carbamates (subject to hydrolysis) is 1. The van der Waals surface area contributed by atoms with Gasteiger partial charge < -0.3 is 10.1 Å². The molecule has 6 nitrogen and oxygen atoms in total. The summed E-state index contributed by atoms with van der Waals surface area (Å²) >= 11 is 0.